The highest BCUT2D eigenvalue weighted by Gasteiger charge is 2.29. The Hall–Kier alpha value is -3.65. The molecule has 3 aromatic rings. The van der Waals surface area contributed by atoms with E-state index in [9.17, 15) is 13.2 Å². The standard InChI is InChI=1S/C26H28N2O5S/c1-3-17-33-24-9-5-4-7-20(24)10-15-26(29)28-19-25(21-8-6-16-27-18-21)34(30,31)23-13-11-22(32-2)12-14-23/h4-16,18,25H,3,17,19H2,1-2H3,(H,28,29)/b15-10+. The molecule has 178 valence electrons. The van der Waals surface area contributed by atoms with Gasteiger partial charge in [0.25, 0.3) is 0 Å². The zero-order chi connectivity index (χ0) is 24.4. The van der Waals surface area contributed by atoms with Crippen LogP contribution in [-0.4, -0.2) is 39.6 Å². The minimum Gasteiger partial charge on any atom is -0.497 e. The molecule has 1 heterocycles. The second-order valence-electron chi connectivity index (χ2n) is 7.46. The number of hydrogen-bond donors (Lipinski definition) is 1. The average Bonchev–Trinajstić information content (AvgIpc) is 2.87. The summed E-state index contributed by atoms with van der Waals surface area (Å²) in [6, 6.07) is 16.9. The van der Waals surface area contributed by atoms with Gasteiger partial charge in [0.05, 0.1) is 18.6 Å². The predicted molar refractivity (Wildman–Crippen MR) is 131 cm³/mol. The summed E-state index contributed by atoms with van der Waals surface area (Å²) in [4.78, 5) is 16.7. The number of benzene rings is 2. The number of amides is 1. The minimum atomic E-state index is -3.81. The van der Waals surface area contributed by atoms with E-state index in [0.717, 1.165) is 12.0 Å². The van der Waals surface area contributed by atoms with E-state index >= 15 is 0 Å². The lowest BCUT2D eigenvalue weighted by Gasteiger charge is -2.18. The highest BCUT2D eigenvalue weighted by Crippen LogP contribution is 2.29. The number of methoxy groups -OCH3 is 1. The molecule has 2 aromatic carbocycles. The van der Waals surface area contributed by atoms with Crippen LogP contribution in [0, 0.1) is 0 Å². The zero-order valence-corrected chi connectivity index (χ0v) is 20.0. The third-order valence-electron chi connectivity index (χ3n) is 5.08. The molecule has 0 radical (unpaired) electrons. The highest BCUT2D eigenvalue weighted by atomic mass is 32.2. The first-order valence-electron chi connectivity index (χ1n) is 10.9. The summed E-state index contributed by atoms with van der Waals surface area (Å²) in [6.45, 7) is 2.48. The highest BCUT2D eigenvalue weighted by molar-refractivity contribution is 7.91. The monoisotopic (exact) mass is 480 g/mol. The maximum absolute atomic E-state index is 13.4. The normalized spacial score (nSPS) is 12.3. The molecule has 0 fully saturated rings. The smallest absolute Gasteiger partial charge is 0.244 e. The molecule has 34 heavy (non-hydrogen) atoms. The Balaban J connectivity index is 1.78. The number of hydrogen-bond acceptors (Lipinski definition) is 6. The van der Waals surface area contributed by atoms with Crippen LogP contribution in [0.25, 0.3) is 6.08 Å². The summed E-state index contributed by atoms with van der Waals surface area (Å²) in [7, 11) is -2.30. The van der Waals surface area contributed by atoms with Crippen LogP contribution >= 0.6 is 0 Å². The molecule has 3 rings (SSSR count). The summed E-state index contributed by atoms with van der Waals surface area (Å²) in [5.41, 5.74) is 1.25. The Bertz CT molecular complexity index is 1210. The number of sulfone groups is 1. The van der Waals surface area contributed by atoms with Crippen molar-refractivity contribution in [3.63, 3.8) is 0 Å². The lowest BCUT2D eigenvalue weighted by molar-refractivity contribution is -0.116. The van der Waals surface area contributed by atoms with E-state index in [4.69, 9.17) is 9.47 Å². The average molecular weight is 481 g/mol. The van der Waals surface area contributed by atoms with E-state index in [1.165, 1.54) is 31.5 Å². The van der Waals surface area contributed by atoms with Gasteiger partial charge in [0, 0.05) is 30.6 Å². The number of carbonyl (C=O) groups excluding carboxylic acids is 1. The molecule has 1 amide bonds. The van der Waals surface area contributed by atoms with Gasteiger partial charge in [-0.25, -0.2) is 8.42 Å². The number of aromatic nitrogens is 1. The fraction of sp³-hybridized carbons (Fsp3) is 0.231. The maximum Gasteiger partial charge on any atom is 0.244 e. The molecular weight excluding hydrogens is 452 g/mol. The summed E-state index contributed by atoms with van der Waals surface area (Å²) in [5, 5.41) is 1.71. The molecule has 0 bridgehead atoms. The van der Waals surface area contributed by atoms with E-state index < -0.39 is 21.0 Å². The van der Waals surface area contributed by atoms with Crippen LogP contribution in [0.3, 0.4) is 0 Å². The van der Waals surface area contributed by atoms with Gasteiger partial charge in [-0.2, -0.15) is 0 Å². The van der Waals surface area contributed by atoms with Crippen molar-refractivity contribution < 1.29 is 22.7 Å². The van der Waals surface area contributed by atoms with Gasteiger partial charge in [0.2, 0.25) is 5.91 Å². The zero-order valence-electron chi connectivity index (χ0n) is 19.2. The number of carbonyl (C=O) groups is 1. The number of rotatable bonds is 11. The van der Waals surface area contributed by atoms with Crippen molar-refractivity contribution in [1.29, 1.82) is 0 Å². The molecule has 1 N–H and O–H groups in total. The third-order valence-corrected chi connectivity index (χ3v) is 7.19. The Morgan fingerprint density at radius 3 is 2.53 bits per heavy atom. The molecule has 7 nitrogen and oxygen atoms in total. The Labute approximate surface area is 200 Å². The van der Waals surface area contributed by atoms with E-state index in [2.05, 4.69) is 10.3 Å². The summed E-state index contributed by atoms with van der Waals surface area (Å²) in [5.74, 6) is 0.825. The number of nitrogens with one attached hydrogen (secondary N) is 1. The minimum absolute atomic E-state index is 0.114. The Morgan fingerprint density at radius 1 is 1.09 bits per heavy atom. The number of para-hydroxylation sites is 1. The van der Waals surface area contributed by atoms with Gasteiger partial charge in [-0.15, -0.1) is 0 Å². The summed E-state index contributed by atoms with van der Waals surface area (Å²) >= 11 is 0. The van der Waals surface area contributed by atoms with E-state index in [-0.39, 0.29) is 11.4 Å². The van der Waals surface area contributed by atoms with Gasteiger partial charge in [0.15, 0.2) is 9.84 Å². The molecule has 1 unspecified atom stereocenters. The van der Waals surface area contributed by atoms with Crippen LogP contribution in [0.5, 0.6) is 11.5 Å². The fourth-order valence-electron chi connectivity index (χ4n) is 3.28. The molecule has 0 saturated heterocycles. The van der Waals surface area contributed by atoms with Crippen molar-refractivity contribution in [1.82, 2.24) is 10.3 Å². The van der Waals surface area contributed by atoms with Crippen molar-refractivity contribution in [2.45, 2.75) is 23.5 Å². The van der Waals surface area contributed by atoms with Gasteiger partial charge >= 0.3 is 0 Å². The fourth-order valence-corrected chi connectivity index (χ4v) is 4.93. The molecule has 0 aliphatic rings. The molecule has 0 aliphatic heterocycles. The first kappa shape index (κ1) is 25.0. The van der Waals surface area contributed by atoms with Crippen LogP contribution in [0.1, 0.15) is 29.7 Å². The molecular formula is C26H28N2O5S. The first-order chi connectivity index (χ1) is 16.5. The van der Waals surface area contributed by atoms with Gasteiger partial charge in [-0.1, -0.05) is 31.2 Å². The number of pyridine rings is 1. The lowest BCUT2D eigenvalue weighted by Crippen LogP contribution is -2.31. The molecule has 1 aromatic heterocycles. The van der Waals surface area contributed by atoms with Crippen LogP contribution < -0.4 is 14.8 Å². The van der Waals surface area contributed by atoms with E-state index in [1.807, 2.05) is 31.2 Å². The van der Waals surface area contributed by atoms with Crippen molar-refractivity contribution in [2.75, 3.05) is 20.3 Å². The van der Waals surface area contributed by atoms with Gasteiger partial charge in [-0.05, 0) is 54.5 Å². The van der Waals surface area contributed by atoms with Crippen LogP contribution in [0.2, 0.25) is 0 Å². The molecule has 0 saturated carbocycles. The number of ether oxygens (including phenoxy) is 2. The largest absolute Gasteiger partial charge is 0.497 e. The topological polar surface area (TPSA) is 94.6 Å². The Morgan fingerprint density at radius 2 is 1.85 bits per heavy atom. The third kappa shape index (κ3) is 6.45. The van der Waals surface area contributed by atoms with E-state index in [1.54, 1.807) is 36.5 Å². The van der Waals surface area contributed by atoms with Gasteiger partial charge in [-0.3, -0.25) is 9.78 Å². The van der Waals surface area contributed by atoms with Crippen LogP contribution in [-0.2, 0) is 14.6 Å². The molecule has 1 atom stereocenters. The second-order valence-corrected chi connectivity index (χ2v) is 9.59. The summed E-state index contributed by atoms with van der Waals surface area (Å²) < 4.78 is 37.7. The van der Waals surface area contributed by atoms with Gasteiger partial charge in [0.1, 0.15) is 16.7 Å². The van der Waals surface area contributed by atoms with Crippen LogP contribution in [0.4, 0.5) is 0 Å². The molecule has 0 aliphatic carbocycles. The van der Waals surface area contributed by atoms with Crippen molar-refractivity contribution in [3.8, 4) is 11.5 Å². The SMILES string of the molecule is CCCOc1ccccc1/C=C/C(=O)NCC(c1cccnc1)S(=O)(=O)c1ccc(OC)cc1. The maximum atomic E-state index is 13.4. The second kappa shape index (κ2) is 12.0. The number of nitrogens with zero attached hydrogens (tertiary/aromatic N) is 1. The van der Waals surface area contributed by atoms with Gasteiger partial charge < -0.3 is 14.8 Å². The van der Waals surface area contributed by atoms with Crippen molar-refractivity contribution in [2.24, 2.45) is 0 Å². The summed E-state index contributed by atoms with van der Waals surface area (Å²) in [6.07, 6.45) is 6.96. The Kier molecular flexibility index (Phi) is 8.81. The lowest BCUT2D eigenvalue weighted by atomic mass is 10.2. The van der Waals surface area contributed by atoms with E-state index in [0.29, 0.717) is 23.7 Å². The first-order valence-corrected chi connectivity index (χ1v) is 12.5. The predicted octanol–water partition coefficient (Wildman–Crippen LogP) is 4.22. The molecule has 8 heteroatoms. The van der Waals surface area contributed by atoms with Crippen LogP contribution in [0.15, 0.2) is 84.0 Å². The quantitative estimate of drug-likeness (QED) is 0.413. The molecule has 0 spiro atoms. The van der Waals surface area contributed by atoms with Crippen molar-refractivity contribution in [3.05, 3.63) is 90.3 Å². The van der Waals surface area contributed by atoms with Crippen molar-refractivity contribution >= 4 is 21.8 Å².